The Morgan fingerprint density at radius 3 is 2.67 bits per heavy atom. The number of hydrogen-bond acceptors (Lipinski definition) is 4. The molecule has 0 aliphatic heterocycles. The van der Waals surface area contributed by atoms with Crippen LogP contribution in [0.4, 0.5) is 10.1 Å². The molecule has 0 saturated carbocycles. The van der Waals surface area contributed by atoms with E-state index in [4.69, 9.17) is 5.73 Å². The molecular formula is C8H10ClFN2O3. The van der Waals surface area contributed by atoms with Crippen molar-refractivity contribution in [1.29, 1.82) is 0 Å². The quantitative estimate of drug-likeness (QED) is 0.617. The molecule has 0 aromatic heterocycles. The Morgan fingerprint density at radius 1 is 1.60 bits per heavy atom. The Bertz CT molecular complexity index is 362. The number of non-ortho nitro benzene ring substituents is 1. The van der Waals surface area contributed by atoms with Gasteiger partial charge in [-0.25, -0.2) is 4.39 Å². The first-order chi connectivity index (χ1) is 6.56. The first-order valence-electron chi connectivity index (χ1n) is 3.85. The number of nitro benzene ring substituents is 1. The maximum Gasteiger partial charge on any atom is 0.270 e. The highest BCUT2D eigenvalue weighted by Gasteiger charge is 2.15. The van der Waals surface area contributed by atoms with Gasteiger partial charge >= 0.3 is 0 Å². The smallest absolute Gasteiger partial charge is 0.270 e. The Hall–Kier alpha value is -1.40. The molecule has 1 aromatic carbocycles. The zero-order valence-corrected chi connectivity index (χ0v) is 8.41. The van der Waals surface area contributed by atoms with Crippen molar-refractivity contribution in [3.8, 4) is 5.75 Å². The van der Waals surface area contributed by atoms with E-state index in [1.807, 2.05) is 0 Å². The summed E-state index contributed by atoms with van der Waals surface area (Å²) in [6.07, 6.45) is 0. The Morgan fingerprint density at radius 2 is 2.20 bits per heavy atom. The molecule has 0 aliphatic rings. The third kappa shape index (κ3) is 3.03. The molecule has 84 valence electrons. The van der Waals surface area contributed by atoms with Crippen molar-refractivity contribution in [2.75, 3.05) is 6.67 Å². The van der Waals surface area contributed by atoms with E-state index in [0.717, 1.165) is 18.2 Å². The van der Waals surface area contributed by atoms with Crippen molar-refractivity contribution in [1.82, 2.24) is 0 Å². The van der Waals surface area contributed by atoms with Crippen LogP contribution in [-0.4, -0.2) is 16.7 Å². The van der Waals surface area contributed by atoms with Gasteiger partial charge in [0.05, 0.1) is 11.0 Å². The summed E-state index contributed by atoms with van der Waals surface area (Å²) in [5.41, 5.74) is 5.13. The Balaban J connectivity index is 0.00000196. The second kappa shape index (κ2) is 5.47. The first-order valence-corrected chi connectivity index (χ1v) is 3.85. The van der Waals surface area contributed by atoms with Gasteiger partial charge in [-0.1, -0.05) is 0 Å². The topological polar surface area (TPSA) is 89.4 Å². The average Bonchev–Trinajstić information content (AvgIpc) is 2.17. The van der Waals surface area contributed by atoms with Crippen molar-refractivity contribution in [3.63, 3.8) is 0 Å². The van der Waals surface area contributed by atoms with Gasteiger partial charge in [-0.2, -0.15) is 0 Å². The number of nitrogens with zero attached hydrogens (tertiary/aromatic N) is 1. The average molecular weight is 237 g/mol. The maximum atomic E-state index is 12.2. The molecule has 0 spiro atoms. The summed E-state index contributed by atoms with van der Waals surface area (Å²) in [7, 11) is 0. The number of halogens is 2. The molecule has 0 saturated heterocycles. The first kappa shape index (κ1) is 13.6. The molecule has 3 N–H and O–H groups in total. The molecule has 7 heteroatoms. The van der Waals surface area contributed by atoms with Crippen LogP contribution in [0, 0.1) is 10.1 Å². The minimum atomic E-state index is -1.03. The van der Waals surface area contributed by atoms with Crippen LogP contribution in [0.25, 0.3) is 0 Å². The van der Waals surface area contributed by atoms with Crippen LogP contribution in [0.1, 0.15) is 11.6 Å². The monoisotopic (exact) mass is 236 g/mol. The molecule has 15 heavy (non-hydrogen) atoms. The second-order valence-corrected chi connectivity index (χ2v) is 2.76. The van der Waals surface area contributed by atoms with Crippen LogP contribution in [0.3, 0.4) is 0 Å². The summed E-state index contributed by atoms with van der Waals surface area (Å²) in [5.74, 6) is -0.235. The SMILES string of the molecule is Cl.N[C@@H](CF)c1cc([N+](=O)[O-])ccc1O. The number of rotatable bonds is 3. The summed E-state index contributed by atoms with van der Waals surface area (Å²) in [5, 5.41) is 19.6. The summed E-state index contributed by atoms with van der Waals surface area (Å²) in [4.78, 5) is 9.73. The van der Waals surface area contributed by atoms with E-state index in [1.165, 1.54) is 0 Å². The number of phenolic OH excluding ortho intramolecular Hbond substituents is 1. The zero-order chi connectivity index (χ0) is 10.7. The summed E-state index contributed by atoms with van der Waals surface area (Å²) >= 11 is 0. The molecule has 1 aromatic rings. The number of nitro groups is 1. The van der Waals surface area contributed by atoms with E-state index in [-0.39, 0.29) is 29.4 Å². The molecule has 0 aliphatic carbocycles. The van der Waals surface area contributed by atoms with Gasteiger partial charge in [0, 0.05) is 17.7 Å². The largest absolute Gasteiger partial charge is 0.508 e. The summed E-state index contributed by atoms with van der Waals surface area (Å²) in [6.45, 7) is -0.880. The number of aromatic hydroxyl groups is 1. The van der Waals surface area contributed by atoms with Crippen molar-refractivity contribution in [3.05, 3.63) is 33.9 Å². The third-order valence-corrected chi connectivity index (χ3v) is 1.79. The van der Waals surface area contributed by atoms with Gasteiger partial charge in [0.1, 0.15) is 12.4 Å². The van der Waals surface area contributed by atoms with Gasteiger partial charge in [-0.15, -0.1) is 12.4 Å². The molecule has 0 radical (unpaired) electrons. The van der Waals surface area contributed by atoms with Gasteiger partial charge in [0.2, 0.25) is 0 Å². The van der Waals surface area contributed by atoms with Crippen molar-refractivity contribution < 1.29 is 14.4 Å². The number of nitrogens with two attached hydrogens (primary N) is 1. The summed E-state index contributed by atoms with van der Waals surface area (Å²) in [6, 6.07) is 2.29. The Kier molecular flexibility index (Phi) is 4.96. The lowest BCUT2D eigenvalue weighted by Crippen LogP contribution is -2.12. The highest BCUT2D eigenvalue weighted by Crippen LogP contribution is 2.27. The van der Waals surface area contributed by atoms with Crippen LogP contribution >= 0.6 is 12.4 Å². The molecule has 0 unspecified atom stereocenters. The summed E-state index contributed by atoms with van der Waals surface area (Å²) < 4.78 is 12.2. The fourth-order valence-corrected chi connectivity index (χ4v) is 1.04. The molecule has 0 bridgehead atoms. The second-order valence-electron chi connectivity index (χ2n) is 2.76. The minimum absolute atomic E-state index is 0. The minimum Gasteiger partial charge on any atom is -0.508 e. The number of alkyl halides is 1. The maximum absolute atomic E-state index is 12.2. The number of hydrogen-bond donors (Lipinski definition) is 2. The normalized spacial score (nSPS) is 11.6. The molecule has 1 atom stereocenters. The standard InChI is InChI=1S/C8H9FN2O3.ClH/c9-4-7(10)6-3-5(11(13)14)1-2-8(6)12;/h1-3,7,12H,4,10H2;1H/t7-;/m0./s1. The van der Waals surface area contributed by atoms with E-state index in [2.05, 4.69) is 0 Å². The Labute approximate surface area is 91.3 Å². The lowest BCUT2D eigenvalue weighted by molar-refractivity contribution is -0.385. The van der Waals surface area contributed by atoms with E-state index >= 15 is 0 Å². The van der Waals surface area contributed by atoms with Crippen LogP contribution in [0.2, 0.25) is 0 Å². The van der Waals surface area contributed by atoms with E-state index < -0.39 is 17.6 Å². The highest BCUT2D eigenvalue weighted by molar-refractivity contribution is 5.85. The molecule has 0 fully saturated rings. The van der Waals surface area contributed by atoms with E-state index in [9.17, 15) is 19.6 Å². The van der Waals surface area contributed by atoms with Gasteiger partial charge in [-0.3, -0.25) is 10.1 Å². The molecule has 0 heterocycles. The molecule has 5 nitrogen and oxygen atoms in total. The van der Waals surface area contributed by atoms with Gasteiger partial charge in [-0.05, 0) is 6.07 Å². The van der Waals surface area contributed by atoms with Gasteiger partial charge in [0.25, 0.3) is 5.69 Å². The van der Waals surface area contributed by atoms with Crippen LogP contribution in [-0.2, 0) is 0 Å². The van der Waals surface area contributed by atoms with Crippen molar-refractivity contribution >= 4 is 18.1 Å². The third-order valence-electron chi connectivity index (χ3n) is 1.79. The molecule has 0 amide bonds. The van der Waals surface area contributed by atoms with Gasteiger partial charge in [0.15, 0.2) is 0 Å². The van der Waals surface area contributed by atoms with E-state index in [0.29, 0.717) is 0 Å². The number of phenols is 1. The van der Waals surface area contributed by atoms with Gasteiger partial charge < -0.3 is 10.8 Å². The van der Waals surface area contributed by atoms with Crippen LogP contribution < -0.4 is 5.73 Å². The van der Waals surface area contributed by atoms with Crippen LogP contribution in [0.15, 0.2) is 18.2 Å². The predicted molar refractivity (Wildman–Crippen MR) is 54.9 cm³/mol. The molecule has 1 rings (SSSR count). The zero-order valence-electron chi connectivity index (χ0n) is 7.59. The fraction of sp³-hybridized carbons (Fsp3) is 0.250. The van der Waals surface area contributed by atoms with E-state index in [1.54, 1.807) is 0 Å². The number of benzene rings is 1. The fourth-order valence-electron chi connectivity index (χ4n) is 1.04. The molecular weight excluding hydrogens is 227 g/mol. The lowest BCUT2D eigenvalue weighted by atomic mass is 10.1. The lowest BCUT2D eigenvalue weighted by Gasteiger charge is -2.08. The van der Waals surface area contributed by atoms with Crippen molar-refractivity contribution in [2.24, 2.45) is 5.73 Å². The highest BCUT2D eigenvalue weighted by atomic mass is 35.5. The predicted octanol–water partition coefficient (Wildman–Crippen LogP) is 1.69. The van der Waals surface area contributed by atoms with Crippen molar-refractivity contribution in [2.45, 2.75) is 6.04 Å². The van der Waals surface area contributed by atoms with Crippen LogP contribution in [0.5, 0.6) is 5.75 Å².